The van der Waals surface area contributed by atoms with Gasteiger partial charge in [-0.2, -0.15) is 0 Å². The van der Waals surface area contributed by atoms with Gasteiger partial charge in [0.05, 0.1) is 7.11 Å². The third-order valence-electron chi connectivity index (χ3n) is 5.63. The Balaban J connectivity index is 1.35. The zero-order valence-corrected chi connectivity index (χ0v) is 20.0. The molecule has 178 valence electrons. The van der Waals surface area contributed by atoms with Gasteiger partial charge < -0.3 is 24.8 Å². The minimum atomic E-state index is -0.193. The van der Waals surface area contributed by atoms with Crippen LogP contribution >= 0.6 is 11.6 Å². The number of hydrogen-bond donors (Lipinski definition) is 2. The van der Waals surface area contributed by atoms with Crippen molar-refractivity contribution in [3.8, 4) is 17.2 Å². The summed E-state index contributed by atoms with van der Waals surface area (Å²) in [5, 5.41) is 6.56. The maximum atomic E-state index is 12.3. The number of hydrogen-bond acceptors (Lipinski definition) is 5. The van der Waals surface area contributed by atoms with Crippen LogP contribution < -0.4 is 24.8 Å². The number of halogens is 1. The minimum Gasteiger partial charge on any atom is -0.493 e. The van der Waals surface area contributed by atoms with E-state index in [9.17, 15) is 9.59 Å². The topological polar surface area (TPSA) is 85.9 Å². The molecule has 2 amide bonds. The predicted octanol–water partition coefficient (Wildman–Crippen LogP) is 3.97. The van der Waals surface area contributed by atoms with E-state index in [0.717, 1.165) is 42.6 Å². The molecule has 7 nitrogen and oxygen atoms in total. The average Bonchev–Trinajstić information content (AvgIpc) is 2.79. The third kappa shape index (κ3) is 7.56. The number of ether oxygens (including phenoxy) is 3. The predicted molar refractivity (Wildman–Crippen MR) is 127 cm³/mol. The van der Waals surface area contributed by atoms with Gasteiger partial charge in [0.1, 0.15) is 5.75 Å². The number of nitrogens with one attached hydrogen (secondary N) is 2. The molecule has 33 heavy (non-hydrogen) atoms. The van der Waals surface area contributed by atoms with Crippen molar-refractivity contribution >= 4 is 23.4 Å². The van der Waals surface area contributed by atoms with E-state index in [-0.39, 0.29) is 37.1 Å². The second kappa shape index (κ2) is 11.8. The molecule has 1 saturated carbocycles. The highest BCUT2D eigenvalue weighted by Crippen LogP contribution is 2.30. The SMILES string of the molecule is COc1cc(Cl)ccc1OCC(=O)NC1CCC(NC(=O)COc2ccc(C)cc2C)CC1. The van der Waals surface area contributed by atoms with Gasteiger partial charge in [0.25, 0.3) is 11.8 Å². The van der Waals surface area contributed by atoms with Crippen LogP contribution in [0, 0.1) is 13.8 Å². The van der Waals surface area contributed by atoms with Crippen molar-refractivity contribution in [2.75, 3.05) is 20.3 Å². The van der Waals surface area contributed by atoms with Gasteiger partial charge in [-0.1, -0.05) is 29.3 Å². The molecule has 2 N–H and O–H groups in total. The quantitative estimate of drug-likeness (QED) is 0.574. The monoisotopic (exact) mass is 474 g/mol. The van der Waals surface area contributed by atoms with Crippen molar-refractivity contribution in [2.24, 2.45) is 0 Å². The Kier molecular flexibility index (Phi) is 8.83. The Morgan fingerprint density at radius 1 is 0.848 bits per heavy atom. The summed E-state index contributed by atoms with van der Waals surface area (Å²) < 4.78 is 16.4. The molecule has 1 aliphatic rings. The summed E-state index contributed by atoms with van der Waals surface area (Å²) in [6.07, 6.45) is 3.18. The van der Waals surface area contributed by atoms with Crippen molar-refractivity contribution in [1.29, 1.82) is 0 Å². The summed E-state index contributed by atoms with van der Waals surface area (Å²) in [5.41, 5.74) is 2.17. The molecule has 0 bridgehead atoms. The van der Waals surface area contributed by atoms with Gasteiger partial charge in [0.15, 0.2) is 24.7 Å². The molecule has 8 heteroatoms. The Morgan fingerprint density at radius 2 is 1.39 bits per heavy atom. The van der Waals surface area contributed by atoms with Crippen LogP contribution in [0.25, 0.3) is 0 Å². The van der Waals surface area contributed by atoms with Gasteiger partial charge in [-0.3, -0.25) is 9.59 Å². The van der Waals surface area contributed by atoms with Crippen LogP contribution in [0.2, 0.25) is 5.02 Å². The lowest BCUT2D eigenvalue weighted by Crippen LogP contribution is -2.45. The Bertz CT molecular complexity index is 973. The number of aryl methyl sites for hydroxylation is 2. The van der Waals surface area contributed by atoms with Crippen molar-refractivity contribution in [1.82, 2.24) is 10.6 Å². The number of benzene rings is 2. The van der Waals surface area contributed by atoms with E-state index >= 15 is 0 Å². The van der Waals surface area contributed by atoms with Gasteiger partial charge in [-0.15, -0.1) is 0 Å². The van der Waals surface area contributed by atoms with E-state index in [0.29, 0.717) is 16.5 Å². The molecule has 3 rings (SSSR count). The maximum absolute atomic E-state index is 12.3. The van der Waals surface area contributed by atoms with Crippen LogP contribution in [0.1, 0.15) is 36.8 Å². The van der Waals surface area contributed by atoms with Gasteiger partial charge in [-0.05, 0) is 63.3 Å². The molecule has 0 unspecified atom stereocenters. The smallest absolute Gasteiger partial charge is 0.258 e. The number of methoxy groups -OCH3 is 1. The summed E-state index contributed by atoms with van der Waals surface area (Å²) >= 11 is 5.94. The van der Waals surface area contributed by atoms with E-state index < -0.39 is 0 Å². The molecule has 0 saturated heterocycles. The summed E-state index contributed by atoms with van der Waals surface area (Å²) in [5.74, 6) is 1.34. The fourth-order valence-corrected chi connectivity index (χ4v) is 4.09. The second-order valence-corrected chi connectivity index (χ2v) is 8.76. The molecular weight excluding hydrogens is 444 g/mol. The summed E-state index contributed by atoms with van der Waals surface area (Å²) in [6.45, 7) is 3.87. The van der Waals surface area contributed by atoms with Gasteiger partial charge in [-0.25, -0.2) is 0 Å². The Labute approximate surface area is 199 Å². The largest absolute Gasteiger partial charge is 0.493 e. The highest BCUT2D eigenvalue weighted by atomic mass is 35.5. The van der Waals surface area contributed by atoms with Crippen molar-refractivity contribution in [2.45, 2.75) is 51.6 Å². The molecule has 1 aliphatic carbocycles. The Hall–Kier alpha value is -2.93. The molecule has 0 radical (unpaired) electrons. The van der Waals surface area contributed by atoms with Crippen molar-refractivity contribution in [3.05, 3.63) is 52.5 Å². The standard InChI is InChI=1S/C25H31ClN2O5/c1-16-4-10-21(17(2)12-16)32-14-24(29)27-19-6-8-20(9-7-19)28-25(30)15-33-22-11-5-18(26)13-23(22)31-3/h4-5,10-13,19-20H,6-9,14-15H2,1-3H3,(H,27,29)(H,28,30). The van der Waals surface area contributed by atoms with Crippen LogP contribution in [0.15, 0.2) is 36.4 Å². The third-order valence-corrected chi connectivity index (χ3v) is 5.87. The first-order chi connectivity index (χ1) is 15.8. The summed E-state index contributed by atoms with van der Waals surface area (Å²) in [7, 11) is 1.52. The average molecular weight is 475 g/mol. The summed E-state index contributed by atoms with van der Waals surface area (Å²) in [4.78, 5) is 24.6. The van der Waals surface area contributed by atoms with Crippen LogP contribution in [0.3, 0.4) is 0 Å². The fourth-order valence-electron chi connectivity index (χ4n) is 3.93. The highest BCUT2D eigenvalue weighted by molar-refractivity contribution is 6.30. The van der Waals surface area contributed by atoms with Crippen LogP contribution in [-0.2, 0) is 9.59 Å². The molecule has 0 aromatic heterocycles. The molecule has 0 spiro atoms. The van der Waals surface area contributed by atoms with Crippen LogP contribution in [-0.4, -0.2) is 44.2 Å². The normalized spacial score (nSPS) is 17.7. The molecule has 1 fully saturated rings. The first-order valence-corrected chi connectivity index (χ1v) is 11.5. The number of rotatable bonds is 9. The molecule has 2 aromatic carbocycles. The van der Waals surface area contributed by atoms with Crippen LogP contribution in [0.4, 0.5) is 0 Å². The van der Waals surface area contributed by atoms with Crippen LogP contribution in [0.5, 0.6) is 17.2 Å². The van der Waals surface area contributed by atoms with E-state index in [2.05, 4.69) is 10.6 Å². The van der Waals surface area contributed by atoms with E-state index in [1.54, 1.807) is 18.2 Å². The van der Waals surface area contributed by atoms with Gasteiger partial charge in [0.2, 0.25) is 0 Å². The minimum absolute atomic E-state index is 0.00787. The second-order valence-electron chi connectivity index (χ2n) is 8.33. The fraction of sp³-hybridized carbons (Fsp3) is 0.440. The lowest BCUT2D eigenvalue weighted by Gasteiger charge is -2.29. The highest BCUT2D eigenvalue weighted by Gasteiger charge is 2.24. The molecule has 0 aliphatic heterocycles. The lowest BCUT2D eigenvalue weighted by atomic mass is 9.91. The van der Waals surface area contributed by atoms with Gasteiger partial charge >= 0.3 is 0 Å². The molecule has 0 heterocycles. The zero-order chi connectivity index (χ0) is 23.8. The molecule has 0 atom stereocenters. The van der Waals surface area contributed by atoms with E-state index in [1.165, 1.54) is 7.11 Å². The number of amides is 2. The maximum Gasteiger partial charge on any atom is 0.258 e. The van der Waals surface area contributed by atoms with Gasteiger partial charge in [0, 0.05) is 23.2 Å². The number of carbonyl (C=O) groups is 2. The van der Waals surface area contributed by atoms with Crippen molar-refractivity contribution < 1.29 is 23.8 Å². The lowest BCUT2D eigenvalue weighted by molar-refractivity contribution is -0.125. The van der Waals surface area contributed by atoms with E-state index in [1.807, 2.05) is 32.0 Å². The zero-order valence-electron chi connectivity index (χ0n) is 19.3. The number of carbonyl (C=O) groups excluding carboxylic acids is 2. The summed E-state index contributed by atoms with van der Waals surface area (Å²) in [6, 6.07) is 11.0. The molecule has 2 aromatic rings. The van der Waals surface area contributed by atoms with E-state index in [4.69, 9.17) is 25.8 Å². The first kappa shape index (κ1) is 24.7. The van der Waals surface area contributed by atoms with Crippen molar-refractivity contribution in [3.63, 3.8) is 0 Å². The first-order valence-electron chi connectivity index (χ1n) is 11.1. The Morgan fingerprint density at radius 3 is 1.94 bits per heavy atom. The molecular formula is C25H31ClN2O5.